The molecule has 2 aliphatic rings. The summed E-state index contributed by atoms with van der Waals surface area (Å²) in [6.45, 7) is 10.2. The smallest absolute Gasteiger partial charge is 0.341 e. The average Bonchev–Trinajstić information content (AvgIpc) is 3.31. The first-order chi connectivity index (χ1) is 16.3. The number of fused-ring (bicyclic) bond motifs is 2. The Balaban J connectivity index is 1.48. The van der Waals surface area contributed by atoms with E-state index < -0.39 is 0 Å². The van der Waals surface area contributed by atoms with Crippen molar-refractivity contribution in [1.29, 1.82) is 0 Å². The summed E-state index contributed by atoms with van der Waals surface area (Å²) in [7, 11) is 0. The van der Waals surface area contributed by atoms with Gasteiger partial charge in [0.2, 0.25) is 5.91 Å². The SMILES string of the molecule is C=CCN1C(=O)c2c(sc(C)c2C)N[C@H]1SCC(=O)Nc1sc2c(c1C(=O)OCC)CCCC2. The Kier molecular flexibility index (Phi) is 7.69. The summed E-state index contributed by atoms with van der Waals surface area (Å²) in [6.07, 6.45) is 5.56. The fourth-order valence-corrected chi connectivity index (χ4v) is 7.65. The Hall–Kier alpha value is -2.30. The molecule has 0 fully saturated rings. The van der Waals surface area contributed by atoms with E-state index >= 15 is 0 Å². The number of hydrogen-bond acceptors (Lipinski definition) is 8. The van der Waals surface area contributed by atoms with Gasteiger partial charge in [-0.05, 0) is 57.6 Å². The lowest BCUT2D eigenvalue weighted by Crippen LogP contribution is -2.47. The van der Waals surface area contributed by atoms with Gasteiger partial charge in [0.25, 0.3) is 5.91 Å². The van der Waals surface area contributed by atoms with Crippen molar-refractivity contribution in [3.63, 3.8) is 0 Å². The highest BCUT2D eigenvalue weighted by Crippen LogP contribution is 2.40. The molecule has 0 saturated carbocycles. The van der Waals surface area contributed by atoms with Crippen molar-refractivity contribution < 1.29 is 19.1 Å². The summed E-state index contributed by atoms with van der Waals surface area (Å²) in [5, 5.41) is 7.77. The molecule has 0 bridgehead atoms. The summed E-state index contributed by atoms with van der Waals surface area (Å²) >= 11 is 4.38. The van der Waals surface area contributed by atoms with Gasteiger partial charge in [-0.25, -0.2) is 4.79 Å². The lowest BCUT2D eigenvalue weighted by molar-refractivity contribution is -0.113. The van der Waals surface area contributed by atoms with Gasteiger partial charge in [-0.15, -0.1) is 41.0 Å². The third-order valence-electron chi connectivity index (χ3n) is 6.00. The van der Waals surface area contributed by atoms with Gasteiger partial charge in [-0.1, -0.05) is 6.08 Å². The Morgan fingerprint density at radius 1 is 1.29 bits per heavy atom. The Bertz CT molecular complexity index is 1140. The molecule has 3 heterocycles. The van der Waals surface area contributed by atoms with Gasteiger partial charge < -0.3 is 20.3 Å². The summed E-state index contributed by atoms with van der Waals surface area (Å²) in [4.78, 5) is 42.7. The zero-order chi connectivity index (χ0) is 24.4. The topological polar surface area (TPSA) is 87.7 Å². The number of anilines is 2. The highest BCUT2D eigenvalue weighted by molar-refractivity contribution is 8.00. The number of nitrogens with zero attached hydrogens (tertiary/aromatic N) is 1. The van der Waals surface area contributed by atoms with Gasteiger partial charge in [0.15, 0.2) is 5.50 Å². The van der Waals surface area contributed by atoms with E-state index in [2.05, 4.69) is 17.2 Å². The molecule has 2 aromatic heterocycles. The van der Waals surface area contributed by atoms with Crippen LogP contribution in [-0.2, 0) is 22.4 Å². The van der Waals surface area contributed by atoms with Crippen molar-refractivity contribution in [2.24, 2.45) is 0 Å². The van der Waals surface area contributed by atoms with Crippen molar-refractivity contribution in [2.75, 3.05) is 29.5 Å². The second kappa shape index (κ2) is 10.5. The van der Waals surface area contributed by atoms with E-state index in [1.807, 2.05) is 13.8 Å². The maximum absolute atomic E-state index is 13.2. The van der Waals surface area contributed by atoms with Gasteiger partial charge in [-0.2, -0.15) is 0 Å². The minimum absolute atomic E-state index is 0.0519. The number of amides is 2. The zero-order valence-corrected chi connectivity index (χ0v) is 22.1. The Morgan fingerprint density at radius 2 is 2.06 bits per heavy atom. The lowest BCUT2D eigenvalue weighted by atomic mass is 9.95. The first kappa shape index (κ1) is 24.8. The van der Waals surface area contributed by atoms with E-state index in [0.29, 0.717) is 22.7 Å². The van der Waals surface area contributed by atoms with E-state index in [1.165, 1.54) is 23.1 Å². The molecule has 7 nitrogen and oxygen atoms in total. The number of thiophene rings is 2. The van der Waals surface area contributed by atoms with Crippen LogP contribution >= 0.6 is 34.4 Å². The predicted octanol–water partition coefficient (Wildman–Crippen LogP) is 5.19. The molecule has 2 aromatic rings. The molecule has 1 aliphatic heterocycles. The molecule has 2 N–H and O–H groups in total. The molecule has 10 heteroatoms. The van der Waals surface area contributed by atoms with Crippen LogP contribution in [0.15, 0.2) is 12.7 Å². The van der Waals surface area contributed by atoms with Crippen molar-refractivity contribution in [2.45, 2.75) is 52.0 Å². The van der Waals surface area contributed by atoms with Crippen LogP contribution < -0.4 is 10.6 Å². The highest BCUT2D eigenvalue weighted by atomic mass is 32.2. The number of aryl methyl sites for hydroxylation is 2. The number of rotatable bonds is 8. The molecule has 4 rings (SSSR count). The molecule has 182 valence electrons. The Labute approximate surface area is 211 Å². The maximum atomic E-state index is 13.2. The van der Waals surface area contributed by atoms with Gasteiger partial charge in [0, 0.05) is 16.3 Å². The van der Waals surface area contributed by atoms with Crippen LogP contribution in [0.25, 0.3) is 0 Å². The molecule has 0 spiro atoms. The number of esters is 1. The fourth-order valence-electron chi connectivity index (χ4n) is 4.27. The number of ether oxygens (including phenoxy) is 1. The lowest BCUT2D eigenvalue weighted by Gasteiger charge is -2.35. The summed E-state index contributed by atoms with van der Waals surface area (Å²) in [6, 6.07) is 0. The minimum atomic E-state index is -0.387. The van der Waals surface area contributed by atoms with E-state index in [9.17, 15) is 14.4 Å². The van der Waals surface area contributed by atoms with Crippen molar-refractivity contribution in [3.8, 4) is 0 Å². The van der Waals surface area contributed by atoms with Gasteiger partial charge >= 0.3 is 5.97 Å². The van der Waals surface area contributed by atoms with Crippen molar-refractivity contribution in [3.05, 3.63) is 44.7 Å². The van der Waals surface area contributed by atoms with Crippen LogP contribution in [0.1, 0.15) is 61.4 Å². The predicted molar refractivity (Wildman–Crippen MR) is 140 cm³/mol. The third-order valence-corrected chi connectivity index (χ3v) is 9.46. The van der Waals surface area contributed by atoms with E-state index in [-0.39, 0.29) is 35.6 Å². The quantitative estimate of drug-likeness (QED) is 0.369. The first-order valence-corrected chi connectivity index (χ1v) is 14.0. The number of thioether (sulfide) groups is 1. The van der Waals surface area contributed by atoms with Gasteiger partial charge in [0.05, 0.1) is 23.5 Å². The van der Waals surface area contributed by atoms with Crippen LogP contribution in [0.3, 0.4) is 0 Å². The number of hydrogen-bond donors (Lipinski definition) is 2. The molecule has 0 saturated heterocycles. The van der Waals surface area contributed by atoms with Crippen LogP contribution in [0, 0.1) is 13.8 Å². The average molecular weight is 520 g/mol. The molecular formula is C24H29N3O4S3. The van der Waals surface area contributed by atoms with Gasteiger partial charge in [0.1, 0.15) is 10.0 Å². The molecular weight excluding hydrogens is 490 g/mol. The minimum Gasteiger partial charge on any atom is -0.462 e. The second-order valence-corrected chi connectivity index (χ2v) is 11.6. The molecule has 1 aliphatic carbocycles. The van der Waals surface area contributed by atoms with Crippen LogP contribution in [-0.4, -0.2) is 47.1 Å². The van der Waals surface area contributed by atoms with Crippen molar-refractivity contribution in [1.82, 2.24) is 4.90 Å². The summed E-state index contributed by atoms with van der Waals surface area (Å²) in [5.41, 5.74) is 2.83. The highest BCUT2D eigenvalue weighted by Gasteiger charge is 2.35. The van der Waals surface area contributed by atoms with E-state index in [1.54, 1.807) is 29.2 Å². The number of carbonyl (C=O) groups excluding carboxylic acids is 3. The fraction of sp³-hybridized carbons (Fsp3) is 0.458. The largest absolute Gasteiger partial charge is 0.462 e. The monoisotopic (exact) mass is 519 g/mol. The van der Waals surface area contributed by atoms with Crippen LogP contribution in [0.4, 0.5) is 10.0 Å². The van der Waals surface area contributed by atoms with Crippen LogP contribution in [0.2, 0.25) is 0 Å². The molecule has 0 radical (unpaired) electrons. The first-order valence-electron chi connectivity index (χ1n) is 11.4. The van der Waals surface area contributed by atoms with Gasteiger partial charge in [-0.3, -0.25) is 9.59 Å². The van der Waals surface area contributed by atoms with E-state index in [0.717, 1.165) is 51.6 Å². The molecule has 0 unspecified atom stereocenters. The molecule has 34 heavy (non-hydrogen) atoms. The second-order valence-electron chi connectivity index (χ2n) is 8.22. The molecule has 2 amide bonds. The summed E-state index contributed by atoms with van der Waals surface area (Å²) < 4.78 is 5.28. The van der Waals surface area contributed by atoms with E-state index in [4.69, 9.17) is 4.74 Å². The molecule has 0 aromatic carbocycles. The number of nitrogens with one attached hydrogen (secondary N) is 2. The number of carbonyl (C=O) groups is 3. The zero-order valence-electron chi connectivity index (χ0n) is 19.6. The Morgan fingerprint density at radius 3 is 2.79 bits per heavy atom. The standard InChI is InChI=1S/C24H29N3O4S3/c1-5-11-27-22(29)18-13(3)14(4)33-20(18)26-24(27)32-12-17(28)25-21-19(23(30)31-6-2)15-9-7-8-10-16(15)34-21/h5,24,26H,1,6-12H2,2-4H3,(H,25,28)/t24-/m1/s1. The third kappa shape index (κ3) is 4.76. The maximum Gasteiger partial charge on any atom is 0.341 e. The molecule has 1 atom stereocenters. The normalized spacial score (nSPS) is 17.0. The summed E-state index contributed by atoms with van der Waals surface area (Å²) in [5.74, 6) is -0.519. The van der Waals surface area contributed by atoms with Crippen LogP contribution in [0.5, 0.6) is 0 Å². The van der Waals surface area contributed by atoms with Crippen molar-refractivity contribution >= 4 is 62.2 Å².